The van der Waals surface area contributed by atoms with E-state index in [2.05, 4.69) is 4.74 Å². The average Bonchev–Trinajstić information content (AvgIpc) is 2.81. The molecule has 0 aliphatic rings. The number of rotatable bonds is 12. The molecule has 0 fully saturated rings. The van der Waals surface area contributed by atoms with Crippen LogP contribution in [-0.2, 0) is 4.74 Å². The second-order valence-corrected chi connectivity index (χ2v) is 8.75. The zero-order valence-corrected chi connectivity index (χ0v) is 20.8. The van der Waals surface area contributed by atoms with E-state index >= 15 is 0 Å². The summed E-state index contributed by atoms with van der Waals surface area (Å²) in [5.74, 6) is 0. The van der Waals surface area contributed by atoms with Crippen molar-refractivity contribution in [3.63, 3.8) is 0 Å². The fraction of sp³-hybridized carbons (Fsp3) is 0.800. The largest absolute Gasteiger partial charge is 0.434 e. The van der Waals surface area contributed by atoms with Crippen molar-refractivity contribution in [2.75, 3.05) is 13.2 Å². The highest BCUT2D eigenvalue weighted by Gasteiger charge is 2.84. The molecule has 0 saturated heterocycles. The molecule has 0 amide bonds. The Morgan fingerprint density at radius 2 is 0.578 bits per heavy atom. The molecule has 0 aliphatic heterocycles. The lowest BCUT2D eigenvalue weighted by Crippen LogP contribution is -2.68. The molecule has 4 unspecified atom stereocenters. The third-order valence-corrected chi connectivity index (χ3v) is 5.69. The van der Waals surface area contributed by atoms with Crippen LogP contribution in [0.3, 0.4) is 0 Å². The summed E-state index contributed by atoms with van der Waals surface area (Å²) in [5, 5.41) is 0. The molecule has 0 aliphatic carbocycles. The summed E-state index contributed by atoms with van der Waals surface area (Å²) in [6, 6.07) is 0. The smallest absolute Gasteiger partial charge is 0.373 e. The van der Waals surface area contributed by atoms with Crippen LogP contribution in [0.25, 0.3) is 0 Å². The molecule has 0 spiro atoms. The van der Waals surface area contributed by atoms with Crippen molar-refractivity contribution in [2.24, 2.45) is 0 Å². The van der Waals surface area contributed by atoms with E-state index in [-0.39, 0.29) is 24.3 Å². The van der Waals surface area contributed by atoms with Crippen LogP contribution in [0.5, 0.6) is 0 Å². The maximum Gasteiger partial charge on any atom is 0.434 e. The Kier molecular flexibility index (Phi) is 12.5. The van der Waals surface area contributed by atoms with Crippen molar-refractivity contribution in [3.05, 3.63) is 24.3 Å². The summed E-state index contributed by atoms with van der Waals surface area (Å²) in [4.78, 5) is 0. The van der Waals surface area contributed by atoms with Gasteiger partial charge in [0.15, 0.2) is 12.3 Å². The van der Waals surface area contributed by atoms with Gasteiger partial charge in [0.25, 0.3) is 0 Å². The highest BCUT2D eigenvalue weighted by molar-refractivity contribution is 5.14. The first-order valence-electron chi connectivity index (χ1n) is 10.8. The lowest BCUT2D eigenvalue weighted by molar-refractivity contribution is -0.383. The Labute approximate surface area is 233 Å². The Hall–Kier alpha value is -2.24. The van der Waals surface area contributed by atoms with Crippen LogP contribution < -0.4 is 0 Å². The van der Waals surface area contributed by atoms with E-state index < -0.39 is 98.1 Å². The Morgan fingerprint density at radius 1 is 0.356 bits per heavy atom. The van der Waals surface area contributed by atoms with Crippen molar-refractivity contribution >= 4 is 0 Å². The number of halogens is 24. The first-order chi connectivity index (χ1) is 19.5. The maximum absolute atomic E-state index is 14.3. The molecule has 1 nitrogen and oxygen atoms in total. The maximum atomic E-state index is 14.3. The van der Waals surface area contributed by atoms with Gasteiger partial charge in [-0.15, -0.1) is 0 Å². The van der Waals surface area contributed by atoms with E-state index in [1.165, 1.54) is 0 Å². The molecular formula is C20H14F24O. The predicted molar refractivity (Wildman–Crippen MR) is 99.8 cm³/mol. The summed E-state index contributed by atoms with van der Waals surface area (Å²) in [7, 11) is 0. The molecule has 0 saturated carbocycles. The van der Waals surface area contributed by atoms with Crippen molar-refractivity contribution < 1.29 is 110 Å². The number of alkyl halides is 24. The molecule has 0 aromatic heterocycles. The third-order valence-electron chi connectivity index (χ3n) is 5.69. The summed E-state index contributed by atoms with van der Waals surface area (Å²) in [6.07, 6.45) is -61.9. The molecule has 45 heavy (non-hydrogen) atoms. The van der Waals surface area contributed by atoms with Crippen LogP contribution in [0.15, 0.2) is 24.3 Å². The molecule has 0 radical (unpaired) electrons. The van der Waals surface area contributed by atoms with Crippen LogP contribution in [-0.4, -0.2) is 85.3 Å². The summed E-state index contributed by atoms with van der Waals surface area (Å²) >= 11 is 0. The first-order valence-corrected chi connectivity index (χ1v) is 10.8. The van der Waals surface area contributed by atoms with E-state index in [0.29, 0.717) is 0 Å². The van der Waals surface area contributed by atoms with Crippen LogP contribution >= 0.6 is 0 Å². The molecule has 25 heteroatoms. The Bertz CT molecular complexity index is 901. The van der Waals surface area contributed by atoms with Gasteiger partial charge in [-0.2, -0.15) is 79.0 Å². The minimum Gasteiger partial charge on any atom is -0.373 e. The highest BCUT2D eigenvalue weighted by atomic mass is 19.4. The zero-order chi connectivity index (χ0) is 36.5. The van der Waals surface area contributed by atoms with Gasteiger partial charge in [0, 0.05) is 12.8 Å². The third kappa shape index (κ3) is 8.19. The molecule has 268 valence electrons. The number of allylic oxidation sites excluding steroid dienone is 2. The molecule has 0 rings (SSSR count). The van der Waals surface area contributed by atoms with Crippen LogP contribution in [0, 0.1) is 0 Å². The van der Waals surface area contributed by atoms with Gasteiger partial charge in [0.2, 0.25) is 11.3 Å². The SMILES string of the molecule is FC(C(F)(CC=CCOCC=CCC(F)(C(F)C(F)(C(F)(F)F)C(F)(F)F)C(F)(F)F)C(F)(F)F)C(F)(C(F)(F)F)C(F)(F)F. The van der Waals surface area contributed by atoms with Crippen LogP contribution in [0.1, 0.15) is 12.8 Å². The molecule has 0 aromatic carbocycles. The van der Waals surface area contributed by atoms with E-state index in [4.69, 9.17) is 0 Å². The lowest BCUT2D eigenvalue weighted by atomic mass is 9.83. The Balaban J connectivity index is 5.77. The average molecular weight is 726 g/mol. The minimum atomic E-state index is -7.47. The van der Waals surface area contributed by atoms with E-state index in [0.717, 1.165) is 0 Å². The monoisotopic (exact) mass is 726 g/mol. The first kappa shape index (κ1) is 42.8. The van der Waals surface area contributed by atoms with Crippen molar-refractivity contribution in [3.8, 4) is 0 Å². The van der Waals surface area contributed by atoms with Gasteiger partial charge >= 0.3 is 48.4 Å². The highest BCUT2D eigenvalue weighted by Crippen LogP contribution is 2.57. The fourth-order valence-corrected chi connectivity index (χ4v) is 3.10. The molecule has 0 aromatic rings. The lowest BCUT2D eigenvalue weighted by Gasteiger charge is -2.39. The summed E-state index contributed by atoms with van der Waals surface area (Å²) in [6.45, 7) is -2.56. The second kappa shape index (κ2) is 13.1. The normalized spacial score (nSPS) is 19.6. The van der Waals surface area contributed by atoms with Gasteiger partial charge < -0.3 is 4.74 Å². The number of ether oxygens (including phenoxy) is 1. The molecule has 4 atom stereocenters. The van der Waals surface area contributed by atoms with Crippen molar-refractivity contribution in [1.82, 2.24) is 0 Å². The summed E-state index contributed by atoms with van der Waals surface area (Å²) in [5.41, 5.74) is -27.2. The van der Waals surface area contributed by atoms with Gasteiger partial charge in [-0.1, -0.05) is 24.3 Å². The van der Waals surface area contributed by atoms with E-state index in [9.17, 15) is 105 Å². The predicted octanol–water partition coefficient (Wildman–Crippen LogP) is 9.78. The fourth-order valence-electron chi connectivity index (χ4n) is 3.10. The van der Waals surface area contributed by atoms with E-state index in [1.54, 1.807) is 0 Å². The van der Waals surface area contributed by atoms with Gasteiger partial charge in [0.1, 0.15) is 0 Å². The van der Waals surface area contributed by atoms with E-state index in [1.807, 2.05) is 0 Å². The Morgan fingerprint density at radius 3 is 0.756 bits per heavy atom. The number of hydrogen-bond acceptors (Lipinski definition) is 1. The molecule has 0 bridgehead atoms. The molecule has 0 heterocycles. The van der Waals surface area contributed by atoms with Crippen LogP contribution in [0.2, 0.25) is 0 Å². The zero-order valence-electron chi connectivity index (χ0n) is 20.8. The van der Waals surface area contributed by atoms with Gasteiger partial charge in [-0.3, -0.25) is 0 Å². The van der Waals surface area contributed by atoms with Crippen LogP contribution in [0.4, 0.5) is 105 Å². The number of hydrogen-bond donors (Lipinski definition) is 0. The van der Waals surface area contributed by atoms with Crippen molar-refractivity contribution in [1.29, 1.82) is 0 Å². The van der Waals surface area contributed by atoms with Gasteiger partial charge in [-0.25, -0.2) is 26.3 Å². The topological polar surface area (TPSA) is 9.23 Å². The standard InChI is InChI=1S/C20H14F24O/c21-9(13(25,17(33,34)35)18(36,37)38)11(23,15(27,28)29)5-1-3-7-45-8-4-2-6-12(24,16(30,31)32)10(22)14(26,19(39,40)41)20(42,43)44/h1-4,9-10H,5-8H2. The second-order valence-electron chi connectivity index (χ2n) is 8.75. The quantitative estimate of drug-likeness (QED) is 0.111. The van der Waals surface area contributed by atoms with Crippen molar-refractivity contribution in [2.45, 2.75) is 84.9 Å². The molecule has 0 N–H and O–H groups in total. The van der Waals surface area contributed by atoms with Gasteiger partial charge in [0.05, 0.1) is 13.2 Å². The minimum absolute atomic E-state index is 0.0542. The molecular weight excluding hydrogens is 712 g/mol. The van der Waals surface area contributed by atoms with Gasteiger partial charge in [-0.05, 0) is 0 Å². The summed E-state index contributed by atoms with van der Waals surface area (Å²) < 4.78 is 316.